The first-order chi connectivity index (χ1) is 8.52. The highest BCUT2D eigenvalue weighted by Gasteiger charge is 2.25. The molecule has 0 amide bonds. The Balaban J connectivity index is 2.18. The van der Waals surface area contributed by atoms with Crippen LogP contribution in [-0.2, 0) is 9.84 Å². The molecular weight excluding hydrogens is 250 g/mol. The van der Waals surface area contributed by atoms with E-state index in [4.69, 9.17) is 11.0 Å². The fraction of sp³-hybridized carbons (Fsp3) is 0.417. The third-order valence-electron chi connectivity index (χ3n) is 3.05. The minimum atomic E-state index is -2.95. The summed E-state index contributed by atoms with van der Waals surface area (Å²) in [6.45, 7) is 0. The van der Waals surface area contributed by atoms with Crippen molar-refractivity contribution >= 4 is 21.2 Å². The van der Waals surface area contributed by atoms with Crippen molar-refractivity contribution in [2.24, 2.45) is 0 Å². The van der Waals surface area contributed by atoms with Crippen LogP contribution in [0.5, 0.6) is 0 Å². The summed E-state index contributed by atoms with van der Waals surface area (Å²) in [5.41, 5.74) is 7.26. The average Bonchev–Trinajstić information content (AvgIpc) is 2.31. The lowest BCUT2D eigenvalue weighted by molar-refractivity contribution is 0.562. The van der Waals surface area contributed by atoms with Crippen LogP contribution in [0.4, 0.5) is 11.4 Å². The standard InChI is InChI=1S/C12H15N3O2S/c13-7-9-3-1-5-11(12(9)14)15-10-4-2-6-18(16,17)8-10/h1,3,5,10,15H,2,4,6,8,14H2. The highest BCUT2D eigenvalue weighted by molar-refractivity contribution is 7.91. The Bertz CT molecular complexity index is 590. The van der Waals surface area contributed by atoms with Gasteiger partial charge in [0.15, 0.2) is 9.84 Å². The van der Waals surface area contributed by atoms with Gasteiger partial charge in [-0.3, -0.25) is 0 Å². The molecule has 0 aliphatic carbocycles. The van der Waals surface area contributed by atoms with E-state index in [0.29, 0.717) is 23.4 Å². The normalized spacial score (nSPS) is 22.1. The first-order valence-corrected chi connectivity index (χ1v) is 7.59. The van der Waals surface area contributed by atoms with Crippen LogP contribution in [0.15, 0.2) is 18.2 Å². The molecule has 6 heteroatoms. The predicted molar refractivity (Wildman–Crippen MR) is 70.9 cm³/mol. The number of nitrogen functional groups attached to an aromatic ring is 1. The van der Waals surface area contributed by atoms with E-state index in [1.807, 2.05) is 6.07 Å². The first-order valence-electron chi connectivity index (χ1n) is 5.77. The molecule has 18 heavy (non-hydrogen) atoms. The lowest BCUT2D eigenvalue weighted by Gasteiger charge is -2.24. The fourth-order valence-corrected chi connectivity index (χ4v) is 3.78. The molecule has 0 bridgehead atoms. The zero-order valence-corrected chi connectivity index (χ0v) is 10.7. The van der Waals surface area contributed by atoms with Crippen LogP contribution in [0.3, 0.4) is 0 Å². The van der Waals surface area contributed by atoms with Gasteiger partial charge in [-0.1, -0.05) is 6.07 Å². The van der Waals surface area contributed by atoms with Crippen molar-refractivity contribution in [2.45, 2.75) is 18.9 Å². The van der Waals surface area contributed by atoms with Gasteiger partial charge in [-0.25, -0.2) is 8.42 Å². The molecule has 0 spiro atoms. The smallest absolute Gasteiger partial charge is 0.152 e. The van der Waals surface area contributed by atoms with Crippen molar-refractivity contribution in [3.8, 4) is 6.07 Å². The molecule has 1 aliphatic heterocycles. The second-order valence-corrected chi connectivity index (χ2v) is 6.71. The van der Waals surface area contributed by atoms with Crippen LogP contribution >= 0.6 is 0 Å². The Morgan fingerprint density at radius 2 is 2.22 bits per heavy atom. The average molecular weight is 265 g/mol. The number of benzene rings is 1. The number of anilines is 2. The molecule has 1 saturated heterocycles. The highest BCUT2D eigenvalue weighted by Crippen LogP contribution is 2.25. The second kappa shape index (κ2) is 4.86. The van der Waals surface area contributed by atoms with Crippen LogP contribution in [0, 0.1) is 11.3 Å². The summed E-state index contributed by atoms with van der Waals surface area (Å²) in [5.74, 6) is 0.391. The van der Waals surface area contributed by atoms with Crippen molar-refractivity contribution < 1.29 is 8.42 Å². The third kappa shape index (κ3) is 2.74. The SMILES string of the molecule is N#Cc1cccc(NC2CCCS(=O)(=O)C2)c1N. The molecule has 1 aromatic carbocycles. The summed E-state index contributed by atoms with van der Waals surface area (Å²) in [7, 11) is -2.95. The summed E-state index contributed by atoms with van der Waals surface area (Å²) in [5, 5.41) is 12.0. The molecule has 1 aromatic rings. The number of nitrogens with two attached hydrogens (primary N) is 1. The van der Waals surface area contributed by atoms with E-state index in [1.165, 1.54) is 0 Å². The zero-order valence-electron chi connectivity index (χ0n) is 9.89. The van der Waals surface area contributed by atoms with Crippen LogP contribution in [-0.4, -0.2) is 26.0 Å². The maximum atomic E-state index is 11.5. The molecular formula is C12H15N3O2S. The van der Waals surface area contributed by atoms with Crippen LogP contribution in [0.2, 0.25) is 0 Å². The summed E-state index contributed by atoms with van der Waals surface area (Å²) >= 11 is 0. The third-order valence-corrected chi connectivity index (χ3v) is 4.87. The van der Waals surface area contributed by atoms with Gasteiger partial charge in [0.25, 0.3) is 0 Å². The Labute approximate surface area is 107 Å². The molecule has 96 valence electrons. The van der Waals surface area contributed by atoms with Gasteiger partial charge < -0.3 is 11.1 Å². The number of sulfone groups is 1. The van der Waals surface area contributed by atoms with Crippen molar-refractivity contribution in [3.63, 3.8) is 0 Å². The first kappa shape index (κ1) is 12.7. The lowest BCUT2D eigenvalue weighted by Crippen LogP contribution is -2.35. The van der Waals surface area contributed by atoms with Gasteiger partial charge in [0.2, 0.25) is 0 Å². The van der Waals surface area contributed by atoms with Crippen LogP contribution in [0.1, 0.15) is 18.4 Å². The van der Waals surface area contributed by atoms with Gasteiger partial charge in [-0.05, 0) is 25.0 Å². The number of para-hydroxylation sites is 1. The van der Waals surface area contributed by atoms with Crippen molar-refractivity contribution in [2.75, 3.05) is 22.6 Å². The van der Waals surface area contributed by atoms with E-state index in [2.05, 4.69) is 5.32 Å². The number of hydrogen-bond donors (Lipinski definition) is 2. The van der Waals surface area contributed by atoms with Gasteiger partial charge in [0.05, 0.1) is 28.4 Å². The summed E-state index contributed by atoms with van der Waals surface area (Å²) in [6, 6.07) is 7.01. The molecule has 3 N–H and O–H groups in total. The maximum Gasteiger partial charge on any atom is 0.152 e. The quantitative estimate of drug-likeness (QED) is 0.781. The summed E-state index contributed by atoms with van der Waals surface area (Å²) in [6.07, 6.45) is 1.47. The van der Waals surface area contributed by atoms with Crippen LogP contribution < -0.4 is 11.1 Å². The monoisotopic (exact) mass is 265 g/mol. The second-order valence-electron chi connectivity index (χ2n) is 4.48. The molecule has 0 radical (unpaired) electrons. The number of nitrogens with one attached hydrogen (secondary N) is 1. The fourth-order valence-electron chi connectivity index (χ4n) is 2.15. The van der Waals surface area contributed by atoms with Crippen molar-refractivity contribution in [1.82, 2.24) is 0 Å². The largest absolute Gasteiger partial charge is 0.396 e. The van der Waals surface area contributed by atoms with Gasteiger partial charge >= 0.3 is 0 Å². The molecule has 1 fully saturated rings. The van der Waals surface area contributed by atoms with E-state index in [-0.39, 0.29) is 17.5 Å². The highest BCUT2D eigenvalue weighted by atomic mass is 32.2. The van der Waals surface area contributed by atoms with E-state index in [9.17, 15) is 8.42 Å². The molecule has 1 aliphatic rings. The van der Waals surface area contributed by atoms with E-state index < -0.39 is 9.84 Å². The van der Waals surface area contributed by atoms with Gasteiger partial charge in [-0.2, -0.15) is 5.26 Å². The lowest BCUT2D eigenvalue weighted by atomic mass is 10.1. The number of nitriles is 1. The van der Waals surface area contributed by atoms with Gasteiger partial charge in [0.1, 0.15) is 6.07 Å². The summed E-state index contributed by atoms with van der Waals surface area (Å²) in [4.78, 5) is 0. The minimum Gasteiger partial charge on any atom is -0.396 e. The Morgan fingerprint density at radius 3 is 2.89 bits per heavy atom. The number of hydrogen-bond acceptors (Lipinski definition) is 5. The Kier molecular flexibility index (Phi) is 3.43. The van der Waals surface area contributed by atoms with Gasteiger partial charge in [-0.15, -0.1) is 0 Å². The summed E-state index contributed by atoms with van der Waals surface area (Å²) < 4.78 is 23.1. The zero-order chi connectivity index (χ0) is 13.2. The molecule has 5 nitrogen and oxygen atoms in total. The van der Waals surface area contributed by atoms with E-state index in [0.717, 1.165) is 6.42 Å². The number of rotatable bonds is 2. The van der Waals surface area contributed by atoms with Crippen molar-refractivity contribution in [3.05, 3.63) is 23.8 Å². The molecule has 0 saturated carbocycles. The molecule has 1 atom stereocenters. The predicted octanol–water partition coefficient (Wildman–Crippen LogP) is 1.13. The van der Waals surface area contributed by atoms with Crippen molar-refractivity contribution in [1.29, 1.82) is 5.26 Å². The number of nitrogens with zero attached hydrogens (tertiary/aromatic N) is 1. The molecule has 0 aromatic heterocycles. The molecule has 1 unspecified atom stereocenters. The molecule has 2 rings (SSSR count). The minimum absolute atomic E-state index is 0.125. The molecule has 1 heterocycles. The van der Waals surface area contributed by atoms with E-state index in [1.54, 1.807) is 18.2 Å². The van der Waals surface area contributed by atoms with Gasteiger partial charge in [0, 0.05) is 6.04 Å². The Morgan fingerprint density at radius 1 is 1.44 bits per heavy atom. The Hall–Kier alpha value is -1.74. The van der Waals surface area contributed by atoms with E-state index >= 15 is 0 Å². The maximum absolute atomic E-state index is 11.5. The van der Waals surface area contributed by atoms with Crippen LogP contribution in [0.25, 0.3) is 0 Å². The topological polar surface area (TPSA) is 96.0 Å².